The largest absolute Gasteiger partial charge is 0.460 e. The molecule has 0 radical (unpaired) electrons. The first-order chi connectivity index (χ1) is 11.5. The summed E-state index contributed by atoms with van der Waals surface area (Å²) in [6.45, 7) is 9.46. The lowest BCUT2D eigenvalue weighted by atomic mass is 9.46. The van der Waals surface area contributed by atoms with Crippen molar-refractivity contribution in [2.75, 3.05) is 0 Å². The number of hydrogen-bond acceptors (Lipinski definition) is 5. The van der Waals surface area contributed by atoms with E-state index in [1.54, 1.807) is 12.2 Å². The molecule has 25 heavy (non-hydrogen) atoms. The maximum absolute atomic E-state index is 13.2. The third-order valence-electron chi connectivity index (χ3n) is 7.26. The van der Waals surface area contributed by atoms with Gasteiger partial charge in [0, 0.05) is 16.4 Å². The molecule has 0 aromatic heterocycles. The molecule has 6 atom stereocenters. The first-order valence-corrected chi connectivity index (χ1v) is 8.95. The monoisotopic (exact) mass is 346 g/mol. The summed E-state index contributed by atoms with van der Waals surface area (Å²) in [6.07, 6.45) is 3.60. The van der Waals surface area contributed by atoms with Gasteiger partial charge in [-0.25, -0.2) is 0 Å². The average molecular weight is 346 g/mol. The van der Waals surface area contributed by atoms with Gasteiger partial charge in [-0.15, -0.1) is 6.58 Å². The lowest BCUT2D eigenvalue weighted by Crippen LogP contribution is -2.65. The molecule has 1 heterocycles. The molecule has 5 heteroatoms. The van der Waals surface area contributed by atoms with Crippen LogP contribution in [0, 0.1) is 16.2 Å². The molecule has 3 aliphatic carbocycles. The maximum atomic E-state index is 13.2. The maximum Gasteiger partial charge on any atom is 0.226 e. The van der Waals surface area contributed by atoms with Crippen LogP contribution in [0.1, 0.15) is 46.5 Å². The zero-order chi connectivity index (χ0) is 18.4. The van der Waals surface area contributed by atoms with Crippen LogP contribution >= 0.6 is 0 Å². The number of aliphatic hydroxyl groups excluding tert-OH is 2. The Morgan fingerprint density at radius 1 is 1.28 bits per heavy atom. The summed E-state index contributed by atoms with van der Waals surface area (Å²) >= 11 is 0. The number of carbonyl (C=O) groups excluding carboxylic acids is 1. The van der Waals surface area contributed by atoms with Gasteiger partial charge in [0.1, 0.15) is 5.60 Å². The van der Waals surface area contributed by atoms with Crippen molar-refractivity contribution in [2.45, 2.75) is 64.4 Å². The van der Waals surface area contributed by atoms with E-state index in [0.717, 1.165) is 6.42 Å². The Morgan fingerprint density at radius 3 is 2.60 bits per heavy atom. The minimum absolute atomic E-state index is 0.161. The van der Waals surface area contributed by atoms with Crippen molar-refractivity contribution in [2.24, 2.45) is 16.2 Å². The third kappa shape index (κ3) is 1.72. The summed E-state index contributed by atoms with van der Waals surface area (Å²) in [5, 5.41) is 33.2. The first kappa shape index (κ1) is 17.0. The molecular formula is C20H26O5. The molecule has 1 saturated carbocycles. The van der Waals surface area contributed by atoms with Crippen molar-refractivity contribution in [1.29, 1.82) is 0 Å². The van der Waals surface area contributed by atoms with Crippen LogP contribution in [0.4, 0.5) is 0 Å². The standard InChI is InChI=1S/C20H26O5/c1-5-17(2)9-11-13(22)14-15-18(3,16(23)25-14)7-6-8-19(15,4)20(11,24)12(21)10-17/h5,9,12,16,21,23-24H,1,6-8,10H2,2-4H3/t12-,16+,17-,18+,19+,20-/m1/s1. The van der Waals surface area contributed by atoms with E-state index in [-0.39, 0.29) is 11.3 Å². The number of carbonyl (C=O) groups is 1. The van der Waals surface area contributed by atoms with Crippen LogP contribution in [0.5, 0.6) is 0 Å². The number of ether oxygens (including phenoxy) is 1. The van der Waals surface area contributed by atoms with Crippen LogP contribution < -0.4 is 0 Å². The fourth-order valence-corrected chi connectivity index (χ4v) is 5.71. The highest BCUT2D eigenvalue weighted by Gasteiger charge is 2.70. The normalized spacial score (nSPS) is 51.4. The summed E-state index contributed by atoms with van der Waals surface area (Å²) in [7, 11) is 0. The Kier molecular flexibility index (Phi) is 3.16. The molecule has 5 nitrogen and oxygen atoms in total. The van der Waals surface area contributed by atoms with Crippen LogP contribution in [-0.4, -0.2) is 39.1 Å². The van der Waals surface area contributed by atoms with Crippen LogP contribution in [0.25, 0.3) is 0 Å². The Balaban J connectivity index is 2.03. The van der Waals surface area contributed by atoms with Gasteiger partial charge < -0.3 is 20.1 Å². The van der Waals surface area contributed by atoms with E-state index >= 15 is 0 Å². The second kappa shape index (κ2) is 4.64. The Morgan fingerprint density at radius 2 is 1.96 bits per heavy atom. The molecule has 136 valence electrons. The van der Waals surface area contributed by atoms with E-state index in [9.17, 15) is 20.1 Å². The number of hydrogen-bond donors (Lipinski definition) is 3. The van der Waals surface area contributed by atoms with Crippen molar-refractivity contribution in [1.82, 2.24) is 0 Å². The first-order valence-electron chi connectivity index (χ1n) is 8.95. The highest BCUT2D eigenvalue weighted by Crippen LogP contribution is 2.67. The van der Waals surface area contributed by atoms with Crippen LogP contribution in [0.3, 0.4) is 0 Å². The summed E-state index contributed by atoms with van der Waals surface area (Å²) in [5.41, 5.74) is -2.98. The molecule has 3 N–H and O–H groups in total. The van der Waals surface area contributed by atoms with Crippen LogP contribution in [0.2, 0.25) is 0 Å². The Labute approximate surface area is 147 Å². The van der Waals surface area contributed by atoms with Crippen molar-refractivity contribution in [3.05, 3.63) is 35.6 Å². The zero-order valence-corrected chi connectivity index (χ0v) is 15.0. The van der Waals surface area contributed by atoms with Crippen molar-refractivity contribution in [3.63, 3.8) is 0 Å². The summed E-state index contributed by atoms with van der Waals surface area (Å²) in [5.74, 6) is -0.264. The molecule has 0 unspecified atom stereocenters. The fourth-order valence-electron chi connectivity index (χ4n) is 5.71. The lowest BCUT2D eigenvalue weighted by molar-refractivity contribution is -0.157. The molecule has 0 saturated heterocycles. The molecule has 4 aliphatic rings. The molecule has 0 amide bonds. The third-order valence-corrected chi connectivity index (χ3v) is 7.26. The molecule has 0 spiro atoms. The smallest absolute Gasteiger partial charge is 0.226 e. The van der Waals surface area contributed by atoms with E-state index in [1.165, 1.54) is 0 Å². The Bertz CT molecular complexity index is 751. The topological polar surface area (TPSA) is 87.0 Å². The minimum atomic E-state index is -1.68. The highest BCUT2D eigenvalue weighted by atomic mass is 16.6. The molecule has 4 rings (SSSR count). The predicted molar refractivity (Wildman–Crippen MR) is 91.2 cm³/mol. The van der Waals surface area contributed by atoms with Gasteiger partial charge in [-0.05, 0) is 31.8 Å². The van der Waals surface area contributed by atoms with Crippen molar-refractivity contribution < 1.29 is 24.9 Å². The van der Waals surface area contributed by atoms with Gasteiger partial charge in [0.15, 0.2) is 5.76 Å². The van der Waals surface area contributed by atoms with Gasteiger partial charge in [0.2, 0.25) is 12.1 Å². The van der Waals surface area contributed by atoms with E-state index in [2.05, 4.69) is 6.58 Å². The van der Waals surface area contributed by atoms with E-state index in [0.29, 0.717) is 24.8 Å². The number of Topliss-reactive ketones (excluding diaryl/α,β-unsaturated/α-hetero) is 1. The van der Waals surface area contributed by atoms with Gasteiger partial charge >= 0.3 is 0 Å². The zero-order valence-electron chi connectivity index (χ0n) is 15.0. The van der Waals surface area contributed by atoms with Crippen molar-refractivity contribution in [3.8, 4) is 0 Å². The molecule has 0 aromatic carbocycles. The van der Waals surface area contributed by atoms with E-state index in [4.69, 9.17) is 4.74 Å². The quantitative estimate of drug-likeness (QED) is 0.632. The van der Waals surface area contributed by atoms with Gasteiger partial charge in [0.05, 0.1) is 11.5 Å². The molecule has 0 bridgehead atoms. The second-order valence-electron chi connectivity index (χ2n) is 8.86. The lowest BCUT2D eigenvalue weighted by Gasteiger charge is -2.58. The summed E-state index contributed by atoms with van der Waals surface area (Å²) < 4.78 is 5.62. The van der Waals surface area contributed by atoms with Gasteiger partial charge in [-0.2, -0.15) is 0 Å². The number of ketones is 1. The average Bonchev–Trinajstić information content (AvgIpc) is 2.82. The SMILES string of the molecule is C=C[C@]1(C)C=C2C(=O)C3=C4[C@](C)(CCC[C@]4(C)[C@]2(O)[C@H](O)C1)[C@@H](O)O3. The van der Waals surface area contributed by atoms with Gasteiger partial charge in [0.25, 0.3) is 0 Å². The van der Waals surface area contributed by atoms with Gasteiger partial charge in [-0.3, -0.25) is 4.79 Å². The minimum Gasteiger partial charge on any atom is -0.460 e. The molecule has 0 aromatic rings. The molecular weight excluding hydrogens is 320 g/mol. The van der Waals surface area contributed by atoms with E-state index in [1.807, 2.05) is 20.8 Å². The number of rotatable bonds is 1. The van der Waals surface area contributed by atoms with Crippen molar-refractivity contribution >= 4 is 5.78 Å². The Hall–Kier alpha value is -1.43. The number of allylic oxidation sites excluding steroid dienone is 3. The number of fused-ring (bicyclic) bond motifs is 2. The van der Waals surface area contributed by atoms with Crippen LogP contribution in [0.15, 0.2) is 35.6 Å². The summed E-state index contributed by atoms with van der Waals surface area (Å²) in [6, 6.07) is 0. The predicted octanol–water partition coefficient (Wildman–Crippen LogP) is 1.98. The van der Waals surface area contributed by atoms with Crippen LogP contribution in [-0.2, 0) is 9.53 Å². The van der Waals surface area contributed by atoms with Gasteiger partial charge in [-0.1, -0.05) is 32.4 Å². The van der Waals surface area contributed by atoms with E-state index < -0.39 is 40.0 Å². The molecule has 1 fully saturated rings. The fraction of sp³-hybridized carbons (Fsp3) is 0.650. The molecule has 1 aliphatic heterocycles. The number of aliphatic hydroxyl groups is 3. The highest BCUT2D eigenvalue weighted by molar-refractivity contribution is 6.11. The summed E-state index contributed by atoms with van der Waals surface area (Å²) in [4.78, 5) is 13.2. The second-order valence-corrected chi connectivity index (χ2v) is 8.86.